The van der Waals surface area contributed by atoms with E-state index in [1.165, 1.54) is 12.8 Å². The standard InChI is InChI=1S/C13H17BrClNO/c14-12-2-1-11(13(15)7-12)9-17-8-10-3-5-16-6-4-10/h1-2,7,10,16H,3-6,8-9H2. The van der Waals surface area contributed by atoms with Gasteiger partial charge in [-0.3, -0.25) is 0 Å². The van der Waals surface area contributed by atoms with Gasteiger partial charge >= 0.3 is 0 Å². The fourth-order valence-corrected chi connectivity index (χ4v) is 2.75. The van der Waals surface area contributed by atoms with Gasteiger partial charge in [0.1, 0.15) is 0 Å². The molecule has 1 aliphatic rings. The molecule has 0 radical (unpaired) electrons. The van der Waals surface area contributed by atoms with Crippen LogP contribution in [0.25, 0.3) is 0 Å². The van der Waals surface area contributed by atoms with Crippen LogP contribution in [0, 0.1) is 5.92 Å². The van der Waals surface area contributed by atoms with Gasteiger partial charge in [-0.1, -0.05) is 33.6 Å². The maximum absolute atomic E-state index is 6.13. The number of hydrogen-bond donors (Lipinski definition) is 1. The van der Waals surface area contributed by atoms with Gasteiger partial charge in [-0.25, -0.2) is 0 Å². The minimum atomic E-state index is 0.607. The van der Waals surface area contributed by atoms with Gasteiger partial charge < -0.3 is 10.1 Å². The Morgan fingerprint density at radius 2 is 2.12 bits per heavy atom. The highest BCUT2D eigenvalue weighted by atomic mass is 79.9. The molecule has 1 heterocycles. The van der Waals surface area contributed by atoms with E-state index in [9.17, 15) is 0 Å². The third kappa shape index (κ3) is 4.25. The van der Waals surface area contributed by atoms with E-state index in [1.807, 2.05) is 18.2 Å². The van der Waals surface area contributed by atoms with Gasteiger partial charge in [0.2, 0.25) is 0 Å². The molecule has 0 unspecified atom stereocenters. The van der Waals surface area contributed by atoms with Crippen molar-refractivity contribution in [3.8, 4) is 0 Å². The molecule has 0 aliphatic carbocycles. The Balaban J connectivity index is 1.77. The molecule has 1 aliphatic heterocycles. The quantitative estimate of drug-likeness (QED) is 0.915. The molecule has 1 aromatic rings. The van der Waals surface area contributed by atoms with Crippen molar-refractivity contribution in [2.45, 2.75) is 19.4 Å². The van der Waals surface area contributed by atoms with Crippen molar-refractivity contribution >= 4 is 27.5 Å². The predicted molar refractivity (Wildman–Crippen MR) is 74.4 cm³/mol. The second kappa shape index (κ2) is 6.74. The van der Waals surface area contributed by atoms with Gasteiger partial charge in [-0.2, -0.15) is 0 Å². The molecule has 0 aromatic heterocycles. The van der Waals surface area contributed by atoms with E-state index in [1.54, 1.807) is 0 Å². The molecule has 2 nitrogen and oxygen atoms in total. The summed E-state index contributed by atoms with van der Waals surface area (Å²) in [5.74, 6) is 0.700. The maximum Gasteiger partial charge on any atom is 0.0731 e. The lowest BCUT2D eigenvalue weighted by molar-refractivity contribution is 0.0764. The van der Waals surface area contributed by atoms with Crippen LogP contribution in [-0.4, -0.2) is 19.7 Å². The Bertz CT molecular complexity index is 366. The normalized spacial score (nSPS) is 17.3. The van der Waals surface area contributed by atoms with Crippen molar-refractivity contribution < 1.29 is 4.74 Å². The van der Waals surface area contributed by atoms with E-state index in [-0.39, 0.29) is 0 Å². The molecular weight excluding hydrogens is 302 g/mol. The van der Waals surface area contributed by atoms with Crippen LogP contribution in [0.15, 0.2) is 22.7 Å². The highest BCUT2D eigenvalue weighted by molar-refractivity contribution is 9.10. The molecule has 0 bridgehead atoms. The van der Waals surface area contributed by atoms with Crippen LogP contribution in [0.2, 0.25) is 5.02 Å². The Kier molecular flexibility index (Phi) is 5.29. The zero-order valence-electron chi connectivity index (χ0n) is 9.72. The maximum atomic E-state index is 6.13. The van der Waals surface area contributed by atoms with Crippen LogP contribution < -0.4 is 5.32 Å². The molecule has 2 rings (SSSR count). The smallest absolute Gasteiger partial charge is 0.0731 e. The molecule has 1 saturated heterocycles. The first-order valence-electron chi connectivity index (χ1n) is 5.98. The zero-order chi connectivity index (χ0) is 12.1. The Labute approximate surface area is 116 Å². The lowest BCUT2D eigenvalue weighted by Crippen LogP contribution is -2.29. The summed E-state index contributed by atoms with van der Waals surface area (Å²) in [5.41, 5.74) is 1.06. The lowest BCUT2D eigenvalue weighted by Gasteiger charge is -2.22. The molecule has 0 saturated carbocycles. The molecule has 1 N–H and O–H groups in total. The highest BCUT2D eigenvalue weighted by Gasteiger charge is 2.13. The monoisotopic (exact) mass is 317 g/mol. The van der Waals surface area contributed by atoms with Crippen LogP contribution >= 0.6 is 27.5 Å². The average molecular weight is 319 g/mol. The van der Waals surface area contributed by atoms with Crippen LogP contribution in [0.1, 0.15) is 18.4 Å². The Hall–Kier alpha value is -0.0900. The third-order valence-electron chi connectivity index (χ3n) is 3.08. The first kappa shape index (κ1) is 13.3. The molecule has 1 fully saturated rings. The van der Waals surface area contributed by atoms with E-state index in [0.29, 0.717) is 12.5 Å². The van der Waals surface area contributed by atoms with Gasteiger partial charge in [-0.05, 0) is 49.5 Å². The third-order valence-corrected chi connectivity index (χ3v) is 3.93. The summed E-state index contributed by atoms with van der Waals surface area (Å²) in [5, 5.41) is 4.12. The first-order valence-corrected chi connectivity index (χ1v) is 7.15. The number of piperidine rings is 1. The number of ether oxygens (including phenoxy) is 1. The summed E-state index contributed by atoms with van der Waals surface area (Å²) < 4.78 is 6.76. The Morgan fingerprint density at radius 1 is 1.35 bits per heavy atom. The van der Waals surface area contributed by atoms with Crippen molar-refractivity contribution in [2.75, 3.05) is 19.7 Å². The minimum Gasteiger partial charge on any atom is -0.376 e. The van der Waals surface area contributed by atoms with Crippen molar-refractivity contribution in [1.82, 2.24) is 5.32 Å². The van der Waals surface area contributed by atoms with Crippen molar-refractivity contribution in [1.29, 1.82) is 0 Å². The minimum absolute atomic E-state index is 0.607. The zero-order valence-corrected chi connectivity index (χ0v) is 12.1. The summed E-state index contributed by atoms with van der Waals surface area (Å²) in [6, 6.07) is 5.91. The summed E-state index contributed by atoms with van der Waals surface area (Å²) in [6.07, 6.45) is 2.43. The molecule has 1 aromatic carbocycles. The highest BCUT2D eigenvalue weighted by Crippen LogP contribution is 2.22. The van der Waals surface area contributed by atoms with E-state index in [4.69, 9.17) is 16.3 Å². The van der Waals surface area contributed by atoms with Crippen LogP contribution in [0.4, 0.5) is 0 Å². The fraction of sp³-hybridized carbons (Fsp3) is 0.538. The summed E-state index contributed by atoms with van der Waals surface area (Å²) >= 11 is 9.53. The van der Waals surface area contributed by atoms with E-state index in [2.05, 4.69) is 21.2 Å². The molecule has 0 atom stereocenters. The van der Waals surface area contributed by atoms with Crippen LogP contribution in [-0.2, 0) is 11.3 Å². The fourth-order valence-electron chi connectivity index (χ4n) is 2.02. The SMILES string of the molecule is Clc1cc(Br)ccc1COCC1CCNCC1. The topological polar surface area (TPSA) is 21.3 Å². The van der Waals surface area contributed by atoms with Gasteiger partial charge in [0, 0.05) is 16.1 Å². The molecule has 0 amide bonds. The average Bonchev–Trinajstić information content (AvgIpc) is 2.33. The molecule has 17 heavy (non-hydrogen) atoms. The van der Waals surface area contributed by atoms with Gasteiger partial charge in [0.05, 0.1) is 6.61 Å². The molecule has 0 spiro atoms. The summed E-state index contributed by atoms with van der Waals surface area (Å²) in [7, 11) is 0. The van der Waals surface area contributed by atoms with Crippen molar-refractivity contribution in [3.63, 3.8) is 0 Å². The number of hydrogen-bond acceptors (Lipinski definition) is 2. The number of nitrogens with one attached hydrogen (secondary N) is 1. The first-order chi connectivity index (χ1) is 8.25. The second-order valence-electron chi connectivity index (χ2n) is 4.44. The van der Waals surface area contributed by atoms with Gasteiger partial charge in [0.25, 0.3) is 0 Å². The van der Waals surface area contributed by atoms with E-state index in [0.717, 1.165) is 34.8 Å². The second-order valence-corrected chi connectivity index (χ2v) is 5.77. The van der Waals surface area contributed by atoms with Gasteiger partial charge in [-0.15, -0.1) is 0 Å². The molecular formula is C13H17BrClNO. The van der Waals surface area contributed by atoms with Gasteiger partial charge in [0.15, 0.2) is 0 Å². The van der Waals surface area contributed by atoms with E-state index >= 15 is 0 Å². The van der Waals surface area contributed by atoms with Crippen LogP contribution in [0.3, 0.4) is 0 Å². The summed E-state index contributed by atoms with van der Waals surface area (Å²) in [4.78, 5) is 0. The summed E-state index contributed by atoms with van der Waals surface area (Å²) in [6.45, 7) is 3.68. The number of benzene rings is 1. The van der Waals surface area contributed by atoms with Crippen LogP contribution in [0.5, 0.6) is 0 Å². The van der Waals surface area contributed by atoms with Crippen molar-refractivity contribution in [2.24, 2.45) is 5.92 Å². The lowest BCUT2D eigenvalue weighted by atomic mass is 9.99. The predicted octanol–water partition coefficient (Wildman–Crippen LogP) is 3.62. The number of rotatable bonds is 4. The largest absolute Gasteiger partial charge is 0.376 e. The number of halogens is 2. The Morgan fingerprint density at radius 3 is 2.82 bits per heavy atom. The van der Waals surface area contributed by atoms with Crippen molar-refractivity contribution in [3.05, 3.63) is 33.3 Å². The molecule has 94 valence electrons. The molecule has 4 heteroatoms. The van der Waals surface area contributed by atoms with E-state index < -0.39 is 0 Å².